The first-order valence-electron chi connectivity index (χ1n) is 9.87. The van der Waals surface area contributed by atoms with Crippen LogP contribution in [0.5, 0.6) is 0 Å². The molecule has 1 aromatic carbocycles. The number of hydrogen-bond acceptors (Lipinski definition) is 4. The van der Waals surface area contributed by atoms with E-state index in [1.54, 1.807) is 42.7 Å². The molecule has 4 rings (SSSR count). The Balaban J connectivity index is 1.56. The first-order chi connectivity index (χ1) is 13.5. The van der Waals surface area contributed by atoms with E-state index < -0.39 is 10.0 Å². The molecule has 1 atom stereocenters. The van der Waals surface area contributed by atoms with Crippen LogP contribution >= 0.6 is 0 Å². The molecule has 1 aliphatic carbocycles. The number of furan rings is 1. The highest BCUT2D eigenvalue weighted by Crippen LogP contribution is 2.48. The van der Waals surface area contributed by atoms with Crippen molar-refractivity contribution >= 4 is 15.9 Å². The summed E-state index contributed by atoms with van der Waals surface area (Å²) in [7, 11) is -3.60. The average Bonchev–Trinajstić information content (AvgIpc) is 3.36. The van der Waals surface area contributed by atoms with Crippen LogP contribution < -0.4 is 5.32 Å². The van der Waals surface area contributed by atoms with Crippen molar-refractivity contribution in [2.24, 2.45) is 11.3 Å². The molecule has 2 fully saturated rings. The highest BCUT2D eigenvalue weighted by Gasteiger charge is 2.53. The predicted octanol–water partition coefficient (Wildman–Crippen LogP) is 3.17. The molecule has 1 saturated heterocycles. The van der Waals surface area contributed by atoms with Crippen molar-refractivity contribution in [3.63, 3.8) is 0 Å². The standard InChI is InChI=1S/C21H26N2O4S/c24-20(22-14-17-8-7-13-27-17)19-15-23(16-21(19)11-5-2-6-12-21)28(25,26)18-9-3-1-4-10-18/h1,3-4,7-10,13,19H,2,5-6,11-12,14-16H2,(H,22,24). The molecular weight excluding hydrogens is 376 g/mol. The molecule has 1 N–H and O–H groups in total. The van der Waals surface area contributed by atoms with E-state index in [-0.39, 0.29) is 28.7 Å². The second kappa shape index (κ2) is 7.72. The summed E-state index contributed by atoms with van der Waals surface area (Å²) in [5.41, 5.74) is -0.270. The first-order valence-corrected chi connectivity index (χ1v) is 11.3. The molecule has 6 nitrogen and oxygen atoms in total. The number of carbonyl (C=O) groups is 1. The Hall–Kier alpha value is -2.12. The third-order valence-electron chi connectivity index (χ3n) is 6.18. The number of sulfonamides is 1. The fourth-order valence-electron chi connectivity index (χ4n) is 4.68. The second-order valence-electron chi connectivity index (χ2n) is 7.88. The van der Waals surface area contributed by atoms with Crippen LogP contribution in [0.1, 0.15) is 37.9 Å². The van der Waals surface area contributed by atoms with Crippen molar-refractivity contribution in [3.8, 4) is 0 Å². The second-order valence-corrected chi connectivity index (χ2v) is 9.82. The van der Waals surface area contributed by atoms with Gasteiger partial charge in [-0.15, -0.1) is 0 Å². The summed E-state index contributed by atoms with van der Waals surface area (Å²) in [6, 6.07) is 12.1. The van der Waals surface area contributed by atoms with Crippen molar-refractivity contribution in [1.82, 2.24) is 9.62 Å². The smallest absolute Gasteiger partial charge is 0.243 e. The van der Waals surface area contributed by atoms with Crippen LogP contribution in [0, 0.1) is 11.3 Å². The largest absolute Gasteiger partial charge is 0.467 e. The first kappa shape index (κ1) is 19.2. The minimum Gasteiger partial charge on any atom is -0.467 e. The lowest BCUT2D eigenvalue weighted by Crippen LogP contribution is -2.42. The molecule has 1 unspecified atom stereocenters. The zero-order chi connectivity index (χ0) is 19.6. The third-order valence-corrected chi connectivity index (χ3v) is 8.01. The summed E-state index contributed by atoms with van der Waals surface area (Å²) in [5, 5.41) is 2.96. The minimum absolute atomic E-state index is 0.0796. The van der Waals surface area contributed by atoms with Crippen molar-refractivity contribution in [2.75, 3.05) is 13.1 Å². The van der Waals surface area contributed by atoms with Gasteiger partial charge in [0.25, 0.3) is 0 Å². The van der Waals surface area contributed by atoms with Gasteiger partial charge in [0.15, 0.2) is 0 Å². The Morgan fingerprint density at radius 2 is 1.86 bits per heavy atom. The Kier molecular flexibility index (Phi) is 5.29. The molecule has 1 aromatic heterocycles. The molecule has 1 amide bonds. The zero-order valence-electron chi connectivity index (χ0n) is 15.8. The molecule has 1 spiro atoms. The van der Waals surface area contributed by atoms with Crippen molar-refractivity contribution in [2.45, 2.75) is 43.5 Å². The van der Waals surface area contributed by atoms with Gasteiger partial charge in [0.2, 0.25) is 15.9 Å². The quantitative estimate of drug-likeness (QED) is 0.833. The molecule has 0 bridgehead atoms. The number of nitrogens with zero attached hydrogens (tertiary/aromatic N) is 1. The van der Waals surface area contributed by atoms with Crippen LogP contribution in [0.25, 0.3) is 0 Å². The average molecular weight is 403 g/mol. The topological polar surface area (TPSA) is 79.6 Å². The molecule has 0 radical (unpaired) electrons. The van der Waals surface area contributed by atoms with Crippen LogP contribution in [-0.2, 0) is 21.4 Å². The monoisotopic (exact) mass is 402 g/mol. The molecule has 150 valence electrons. The van der Waals surface area contributed by atoms with Gasteiger partial charge in [-0.25, -0.2) is 8.42 Å². The van der Waals surface area contributed by atoms with Crippen molar-refractivity contribution < 1.29 is 17.6 Å². The molecule has 7 heteroatoms. The van der Waals surface area contributed by atoms with E-state index in [0.29, 0.717) is 18.8 Å². The molecule has 1 saturated carbocycles. The SMILES string of the molecule is O=C(NCc1ccco1)C1CN(S(=O)(=O)c2ccccc2)CC12CCCCC2. The Morgan fingerprint density at radius 1 is 1.11 bits per heavy atom. The van der Waals surface area contributed by atoms with E-state index in [1.165, 1.54) is 4.31 Å². The fourth-order valence-corrected chi connectivity index (χ4v) is 6.25. The number of amides is 1. The van der Waals surface area contributed by atoms with E-state index in [4.69, 9.17) is 4.42 Å². The van der Waals surface area contributed by atoms with Crippen LogP contribution in [0.15, 0.2) is 58.0 Å². The number of carbonyl (C=O) groups excluding carboxylic acids is 1. The zero-order valence-corrected chi connectivity index (χ0v) is 16.7. The van der Waals surface area contributed by atoms with Gasteiger partial charge in [-0.3, -0.25) is 4.79 Å². The van der Waals surface area contributed by atoms with Crippen LogP contribution in [-0.4, -0.2) is 31.7 Å². The molecule has 2 aliphatic rings. The van der Waals surface area contributed by atoms with Gasteiger partial charge in [-0.1, -0.05) is 37.5 Å². The maximum absolute atomic E-state index is 13.2. The summed E-state index contributed by atoms with van der Waals surface area (Å²) in [5.74, 6) is 0.281. The summed E-state index contributed by atoms with van der Waals surface area (Å²) < 4.78 is 33.1. The van der Waals surface area contributed by atoms with E-state index >= 15 is 0 Å². The highest BCUT2D eigenvalue weighted by molar-refractivity contribution is 7.89. The summed E-state index contributed by atoms with van der Waals surface area (Å²) >= 11 is 0. The van der Waals surface area contributed by atoms with Gasteiger partial charge in [0.1, 0.15) is 5.76 Å². The number of nitrogens with one attached hydrogen (secondary N) is 1. The maximum Gasteiger partial charge on any atom is 0.243 e. The minimum atomic E-state index is -3.60. The lowest BCUT2D eigenvalue weighted by Gasteiger charge is -2.37. The summed E-state index contributed by atoms with van der Waals surface area (Å²) in [6.45, 7) is 0.980. The lowest BCUT2D eigenvalue weighted by molar-refractivity contribution is -0.128. The van der Waals surface area contributed by atoms with E-state index in [9.17, 15) is 13.2 Å². The molecule has 28 heavy (non-hydrogen) atoms. The van der Waals surface area contributed by atoms with Gasteiger partial charge in [0.05, 0.1) is 23.6 Å². The van der Waals surface area contributed by atoms with E-state index in [2.05, 4.69) is 5.32 Å². The molecule has 2 heterocycles. The summed E-state index contributed by atoms with van der Waals surface area (Å²) in [6.07, 6.45) is 6.60. The third kappa shape index (κ3) is 3.61. The van der Waals surface area contributed by atoms with Crippen molar-refractivity contribution in [1.29, 1.82) is 0 Å². The summed E-state index contributed by atoms with van der Waals surface area (Å²) in [4.78, 5) is 13.3. The van der Waals surface area contributed by atoms with Gasteiger partial charge < -0.3 is 9.73 Å². The normalized spacial score (nSPS) is 22.4. The van der Waals surface area contributed by atoms with E-state index in [0.717, 1.165) is 32.1 Å². The maximum atomic E-state index is 13.2. The highest BCUT2D eigenvalue weighted by atomic mass is 32.2. The van der Waals surface area contributed by atoms with Crippen LogP contribution in [0.4, 0.5) is 0 Å². The van der Waals surface area contributed by atoms with Gasteiger partial charge >= 0.3 is 0 Å². The van der Waals surface area contributed by atoms with E-state index in [1.807, 2.05) is 6.07 Å². The van der Waals surface area contributed by atoms with Gasteiger partial charge in [-0.05, 0) is 42.5 Å². The number of rotatable bonds is 5. The molecular formula is C21H26N2O4S. The Bertz CT molecular complexity index is 903. The van der Waals surface area contributed by atoms with Gasteiger partial charge in [0, 0.05) is 13.1 Å². The van der Waals surface area contributed by atoms with Crippen LogP contribution in [0.3, 0.4) is 0 Å². The number of hydrogen-bond donors (Lipinski definition) is 1. The fraction of sp³-hybridized carbons (Fsp3) is 0.476. The van der Waals surface area contributed by atoms with Crippen molar-refractivity contribution in [3.05, 3.63) is 54.5 Å². The van der Waals surface area contributed by atoms with Gasteiger partial charge in [-0.2, -0.15) is 4.31 Å². The Morgan fingerprint density at radius 3 is 2.54 bits per heavy atom. The lowest BCUT2D eigenvalue weighted by atomic mass is 9.67. The predicted molar refractivity (Wildman–Crippen MR) is 105 cm³/mol. The molecule has 1 aliphatic heterocycles. The number of benzene rings is 1. The van der Waals surface area contributed by atoms with Crippen LogP contribution in [0.2, 0.25) is 0 Å². The Labute approximate surface area is 166 Å². The molecule has 2 aromatic rings.